The third kappa shape index (κ3) is 5.59. The maximum atomic E-state index is 14.4. The summed E-state index contributed by atoms with van der Waals surface area (Å²) >= 11 is 0. The normalized spacial score (nSPS) is 14.9. The Morgan fingerprint density at radius 1 is 1.26 bits per heavy atom. The average molecular weight is 423 g/mol. The van der Waals surface area contributed by atoms with E-state index >= 15 is 0 Å². The average Bonchev–Trinajstić information content (AvgIpc) is 3.46. The van der Waals surface area contributed by atoms with Gasteiger partial charge in [0.05, 0.1) is 18.3 Å². The van der Waals surface area contributed by atoms with Crippen molar-refractivity contribution >= 4 is 5.96 Å². The number of aliphatic imine (C=N–C) groups is 1. The van der Waals surface area contributed by atoms with Crippen LogP contribution in [0.4, 0.5) is 4.39 Å². The third-order valence-corrected chi connectivity index (χ3v) is 5.28. The SMILES string of the molecule is CN=C(NCc1ccc(-n2cncn2)cc1)NC(C)c1ccc(OCC2CC2)c(F)c1. The van der Waals surface area contributed by atoms with Gasteiger partial charge in [-0.3, -0.25) is 4.99 Å². The van der Waals surface area contributed by atoms with Crippen LogP contribution in [-0.2, 0) is 6.54 Å². The number of benzene rings is 2. The van der Waals surface area contributed by atoms with Gasteiger partial charge < -0.3 is 15.4 Å². The van der Waals surface area contributed by atoms with Crippen LogP contribution in [0.25, 0.3) is 5.69 Å². The highest BCUT2D eigenvalue weighted by Crippen LogP contribution is 2.30. The van der Waals surface area contributed by atoms with Gasteiger partial charge in [0, 0.05) is 13.6 Å². The van der Waals surface area contributed by atoms with E-state index in [4.69, 9.17) is 4.74 Å². The van der Waals surface area contributed by atoms with Crippen LogP contribution < -0.4 is 15.4 Å². The molecule has 2 aromatic carbocycles. The van der Waals surface area contributed by atoms with Crippen LogP contribution in [0.15, 0.2) is 60.1 Å². The van der Waals surface area contributed by atoms with Crippen molar-refractivity contribution in [1.29, 1.82) is 0 Å². The van der Waals surface area contributed by atoms with E-state index in [2.05, 4.69) is 25.7 Å². The standard InChI is InChI=1S/C23H27FN6O/c1-16(19-7-10-22(21(24)11-19)31-13-18-3-4-18)29-23(25-2)27-12-17-5-8-20(9-6-17)30-15-26-14-28-30/h5-11,14-16,18H,3-4,12-13H2,1-2H3,(H2,25,27,29). The van der Waals surface area contributed by atoms with Crippen molar-refractivity contribution in [3.63, 3.8) is 0 Å². The zero-order valence-corrected chi connectivity index (χ0v) is 17.8. The molecule has 1 aromatic heterocycles. The van der Waals surface area contributed by atoms with Crippen molar-refractivity contribution in [1.82, 2.24) is 25.4 Å². The number of halogens is 1. The Morgan fingerprint density at radius 2 is 2.06 bits per heavy atom. The van der Waals surface area contributed by atoms with Crippen LogP contribution in [0.2, 0.25) is 0 Å². The molecular formula is C23H27FN6O. The molecule has 1 atom stereocenters. The molecule has 1 heterocycles. The number of nitrogens with one attached hydrogen (secondary N) is 2. The molecule has 0 radical (unpaired) electrons. The van der Waals surface area contributed by atoms with E-state index in [-0.39, 0.29) is 11.9 Å². The molecule has 0 saturated heterocycles. The molecule has 1 fully saturated rings. The largest absolute Gasteiger partial charge is 0.490 e. The van der Waals surface area contributed by atoms with E-state index in [9.17, 15) is 4.39 Å². The van der Waals surface area contributed by atoms with Gasteiger partial charge in [0.2, 0.25) is 0 Å². The van der Waals surface area contributed by atoms with Crippen molar-refractivity contribution in [2.24, 2.45) is 10.9 Å². The van der Waals surface area contributed by atoms with Gasteiger partial charge in [-0.2, -0.15) is 5.10 Å². The van der Waals surface area contributed by atoms with Crippen molar-refractivity contribution < 1.29 is 9.13 Å². The molecule has 31 heavy (non-hydrogen) atoms. The number of nitrogens with zero attached hydrogens (tertiary/aromatic N) is 4. The number of aromatic nitrogens is 3. The van der Waals surface area contributed by atoms with E-state index in [1.807, 2.05) is 37.3 Å². The maximum Gasteiger partial charge on any atom is 0.191 e. The van der Waals surface area contributed by atoms with Gasteiger partial charge in [-0.15, -0.1) is 0 Å². The number of hydrogen-bond acceptors (Lipinski definition) is 4. The quantitative estimate of drug-likeness (QED) is 0.428. The van der Waals surface area contributed by atoms with Gasteiger partial charge >= 0.3 is 0 Å². The van der Waals surface area contributed by atoms with E-state index < -0.39 is 0 Å². The molecular weight excluding hydrogens is 395 g/mol. The zero-order valence-electron chi connectivity index (χ0n) is 17.8. The van der Waals surface area contributed by atoms with Crippen molar-refractivity contribution in [3.05, 3.63) is 72.1 Å². The van der Waals surface area contributed by atoms with Gasteiger partial charge in [0.1, 0.15) is 12.7 Å². The minimum absolute atomic E-state index is 0.118. The molecule has 7 nitrogen and oxygen atoms in total. The predicted octanol–water partition coefficient (Wildman–Crippen LogP) is 3.62. The molecule has 0 bridgehead atoms. The Labute approximate surface area is 181 Å². The van der Waals surface area contributed by atoms with Gasteiger partial charge in [-0.25, -0.2) is 14.1 Å². The first-order chi connectivity index (χ1) is 15.1. The summed E-state index contributed by atoms with van der Waals surface area (Å²) in [5.74, 6) is 1.22. The van der Waals surface area contributed by atoms with E-state index in [0.717, 1.165) is 16.8 Å². The lowest BCUT2D eigenvalue weighted by Crippen LogP contribution is -2.38. The minimum atomic E-state index is -0.331. The maximum absolute atomic E-state index is 14.4. The molecule has 1 aliphatic rings. The van der Waals surface area contributed by atoms with Crippen molar-refractivity contribution in [2.75, 3.05) is 13.7 Å². The summed E-state index contributed by atoms with van der Waals surface area (Å²) in [6, 6.07) is 13.0. The predicted molar refractivity (Wildman–Crippen MR) is 118 cm³/mol. The number of hydrogen-bond donors (Lipinski definition) is 2. The molecule has 1 unspecified atom stereocenters. The van der Waals surface area contributed by atoms with E-state index in [0.29, 0.717) is 30.8 Å². The fraction of sp³-hybridized carbons (Fsp3) is 0.348. The molecule has 3 aromatic rings. The van der Waals surface area contributed by atoms with Crippen molar-refractivity contribution in [2.45, 2.75) is 32.4 Å². The molecule has 162 valence electrons. The lowest BCUT2D eigenvalue weighted by Gasteiger charge is -2.19. The van der Waals surface area contributed by atoms with Crippen LogP contribution in [-0.4, -0.2) is 34.4 Å². The van der Waals surface area contributed by atoms with Crippen LogP contribution in [0.3, 0.4) is 0 Å². The Bertz CT molecular complexity index is 1020. The Kier molecular flexibility index (Phi) is 6.45. The lowest BCUT2D eigenvalue weighted by molar-refractivity contribution is 0.285. The van der Waals surface area contributed by atoms with Gasteiger partial charge in [-0.1, -0.05) is 18.2 Å². The second-order valence-electron chi connectivity index (χ2n) is 7.74. The summed E-state index contributed by atoms with van der Waals surface area (Å²) in [7, 11) is 1.71. The number of ether oxygens (including phenoxy) is 1. The van der Waals surface area contributed by atoms with Crippen LogP contribution >= 0.6 is 0 Å². The topological polar surface area (TPSA) is 76.4 Å². The first kappa shape index (κ1) is 20.8. The van der Waals surface area contributed by atoms with Crippen LogP contribution in [0.1, 0.15) is 36.9 Å². The summed E-state index contributed by atoms with van der Waals surface area (Å²) < 4.78 is 21.7. The Morgan fingerprint density at radius 3 is 2.71 bits per heavy atom. The summed E-state index contributed by atoms with van der Waals surface area (Å²) in [6.07, 6.45) is 5.53. The smallest absolute Gasteiger partial charge is 0.191 e. The molecule has 0 amide bonds. The lowest BCUT2D eigenvalue weighted by atomic mass is 10.1. The molecule has 1 aliphatic carbocycles. The van der Waals surface area contributed by atoms with Crippen LogP contribution in [0.5, 0.6) is 5.75 Å². The molecule has 0 spiro atoms. The second kappa shape index (κ2) is 9.59. The van der Waals surface area contributed by atoms with Crippen LogP contribution in [0, 0.1) is 11.7 Å². The van der Waals surface area contributed by atoms with E-state index in [1.165, 1.54) is 25.2 Å². The van der Waals surface area contributed by atoms with Gasteiger partial charge in [-0.05, 0) is 61.1 Å². The summed E-state index contributed by atoms with van der Waals surface area (Å²) in [6.45, 7) is 3.17. The van der Waals surface area contributed by atoms with E-state index in [1.54, 1.807) is 24.1 Å². The summed E-state index contributed by atoms with van der Waals surface area (Å²) in [5.41, 5.74) is 2.88. The third-order valence-electron chi connectivity index (χ3n) is 5.28. The van der Waals surface area contributed by atoms with Gasteiger partial charge in [0.15, 0.2) is 17.5 Å². The van der Waals surface area contributed by atoms with Gasteiger partial charge in [0.25, 0.3) is 0 Å². The number of rotatable bonds is 8. The Hall–Kier alpha value is -3.42. The highest BCUT2D eigenvalue weighted by molar-refractivity contribution is 5.80. The molecule has 1 saturated carbocycles. The first-order valence-electron chi connectivity index (χ1n) is 10.5. The Balaban J connectivity index is 1.30. The summed E-state index contributed by atoms with van der Waals surface area (Å²) in [4.78, 5) is 8.23. The zero-order chi connectivity index (χ0) is 21.6. The molecule has 8 heteroatoms. The minimum Gasteiger partial charge on any atom is -0.490 e. The first-order valence-corrected chi connectivity index (χ1v) is 10.5. The second-order valence-corrected chi connectivity index (χ2v) is 7.74. The molecule has 4 rings (SSSR count). The fourth-order valence-corrected chi connectivity index (χ4v) is 3.17. The summed E-state index contributed by atoms with van der Waals surface area (Å²) in [5, 5.41) is 10.7. The van der Waals surface area contributed by atoms with Crippen molar-refractivity contribution in [3.8, 4) is 11.4 Å². The monoisotopic (exact) mass is 422 g/mol. The number of guanidine groups is 1. The highest BCUT2D eigenvalue weighted by atomic mass is 19.1. The molecule has 2 N–H and O–H groups in total. The highest BCUT2D eigenvalue weighted by Gasteiger charge is 2.22. The molecule has 0 aliphatic heterocycles. The fourth-order valence-electron chi connectivity index (χ4n) is 3.17.